The molecule has 1 aromatic carbocycles. The largest absolute Gasteiger partial charge is 0.461 e. The molecule has 2 unspecified atom stereocenters. The van der Waals surface area contributed by atoms with E-state index in [1.807, 2.05) is 37.3 Å². The zero-order valence-corrected chi connectivity index (χ0v) is 12.7. The number of hydrogen-bond donors (Lipinski definition) is 1. The van der Waals surface area contributed by atoms with E-state index < -0.39 is 0 Å². The zero-order chi connectivity index (χ0) is 15.1. The van der Waals surface area contributed by atoms with Crippen molar-refractivity contribution in [1.82, 2.24) is 4.90 Å². The Morgan fingerprint density at radius 1 is 1.43 bits per heavy atom. The van der Waals surface area contributed by atoms with Crippen LogP contribution in [0.1, 0.15) is 25.3 Å². The summed E-state index contributed by atoms with van der Waals surface area (Å²) in [5.41, 5.74) is 1.02. The number of nitrogens with zero attached hydrogens (tertiary/aromatic N) is 1. The van der Waals surface area contributed by atoms with Gasteiger partial charge in [-0.2, -0.15) is 0 Å². The van der Waals surface area contributed by atoms with Gasteiger partial charge in [-0.05, 0) is 30.9 Å². The molecule has 0 amide bonds. The van der Waals surface area contributed by atoms with Crippen LogP contribution in [0.25, 0.3) is 0 Å². The monoisotopic (exact) mass is 291 g/mol. The van der Waals surface area contributed by atoms with Gasteiger partial charge in [0.2, 0.25) is 0 Å². The van der Waals surface area contributed by atoms with E-state index in [0.717, 1.165) is 38.0 Å². The molecule has 4 heteroatoms. The lowest BCUT2D eigenvalue weighted by molar-refractivity contribution is -0.149. The first-order valence-corrected chi connectivity index (χ1v) is 7.73. The number of carbonyl (C=O) groups is 1. The van der Waals surface area contributed by atoms with Crippen molar-refractivity contribution in [2.24, 2.45) is 11.8 Å². The fourth-order valence-electron chi connectivity index (χ4n) is 2.83. The van der Waals surface area contributed by atoms with Gasteiger partial charge in [-0.15, -0.1) is 0 Å². The molecule has 0 bridgehead atoms. The Morgan fingerprint density at radius 2 is 2.19 bits per heavy atom. The van der Waals surface area contributed by atoms with Gasteiger partial charge in [0.25, 0.3) is 0 Å². The summed E-state index contributed by atoms with van der Waals surface area (Å²) in [6, 6.07) is 9.75. The van der Waals surface area contributed by atoms with E-state index in [9.17, 15) is 4.79 Å². The van der Waals surface area contributed by atoms with Crippen LogP contribution in [-0.2, 0) is 16.1 Å². The average Bonchev–Trinajstić information content (AvgIpc) is 2.93. The summed E-state index contributed by atoms with van der Waals surface area (Å²) in [5.74, 6) is 0.327. The molecule has 1 fully saturated rings. The highest BCUT2D eigenvalue weighted by Gasteiger charge is 2.25. The maximum absolute atomic E-state index is 12.0. The van der Waals surface area contributed by atoms with E-state index in [2.05, 4.69) is 4.90 Å². The first-order chi connectivity index (χ1) is 10.2. The summed E-state index contributed by atoms with van der Waals surface area (Å²) >= 11 is 0. The third-order valence-corrected chi connectivity index (χ3v) is 4.07. The summed E-state index contributed by atoms with van der Waals surface area (Å²) in [4.78, 5) is 14.3. The molecule has 1 aliphatic heterocycles. The minimum atomic E-state index is -0.135. The lowest BCUT2D eigenvalue weighted by Crippen LogP contribution is -2.31. The molecule has 2 rings (SSSR count). The highest BCUT2D eigenvalue weighted by atomic mass is 16.5. The molecule has 0 saturated carbocycles. The number of carbonyl (C=O) groups excluding carboxylic acids is 1. The molecule has 116 valence electrons. The molecule has 0 aliphatic carbocycles. The van der Waals surface area contributed by atoms with Crippen LogP contribution < -0.4 is 0 Å². The van der Waals surface area contributed by atoms with E-state index >= 15 is 0 Å². The van der Waals surface area contributed by atoms with Crippen LogP contribution in [0, 0.1) is 11.8 Å². The predicted molar refractivity (Wildman–Crippen MR) is 81.7 cm³/mol. The van der Waals surface area contributed by atoms with Crippen LogP contribution in [0.3, 0.4) is 0 Å². The SMILES string of the molecule is CC(CN1CCC(CCO)C1)C(=O)OCc1ccccc1. The molecular formula is C17H25NO3. The molecule has 0 spiro atoms. The van der Waals surface area contributed by atoms with Crippen molar-refractivity contribution in [3.05, 3.63) is 35.9 Å². The van der Waals surface area contributed by atoms with E-state index in [1.165, 1.54) is 0 Å². The first-order valence-electron chi connectivity index (χ1n) is 7.73. The lowest BCUT2D eigenvalue weighted by atomic mass is 10.1. The standard InChI is InChI=1S/C17H25NO3/c1-14(11-18-9-7-15(12-18)8-10-19)17(20)21-13-16-5-3-2-4-6-16/h2-6,14-15,19H,7-13H2,1H3. The van der Waals surface area contributed by atoms with Gasteiger partial charge in [-0.25, -0.2) is 0 Å². The number of benzene rings is 1. The molecule has 1 heterocycles. The molecule has 1 saturated heterocycles. The molecule has 0 radical (unpaired) electrons. The summed E-state index contributed by atoms with van der Waals surface area (Å²) in [6.45, 7) is 5.27. The summed E-state index contributed by atoms with van der Waals surface area (Å²) in [5, 5.41) is 8.97. The fourth-order valence-corrected chi connectivity index (χ4v) is 2.83. The van der Waals surface area contributed by atoms with Crippen molar-refractivity contribution >= 4 is 5.97 Å². The molecular weight excluding hydrogens is 266 g/mol. The number of rotatable bonds is 7. The van der Waals surface area contributed by atoms with E-state index in [-0.39, 0.29) is 18.5 Å². The average molecular weight is 291 g/mol. The normalized spacial score (nSPS) is 20.4. The van der Waals surface area contributed by atoms with Crippen molar-refractivity contribution in [2.75, 3.05) is 26.2 Å². The quantitative estimate of drug-likeness (QED) is 0.781. The van der Waals surface area contributed by atoms with Crippen LogP contribution in [-0.4, -0.2) is 42.2 Å². The first kappa shape index (κ1) is 16.0. The number of likely N-dealkylation sites (tertiary alicyclic amines) is 1. The third-order valence-electron chi connectivity index (χ3n) is 4.07. The Kier molecular flexibility index (Phi) is 6.21. The zero-order valence-electron chi connectivity index (χ0n) is 12.7. The minimum absolute atomic E-state index is 0.110. The van der Waals surface area contributed by atoms with Crippen molar-refractivity contribution in [1.29, 1.82) is 0 Å². The topological polar surface area (TPSA) is 49.8 Å². The molecule has 4 nitrogen and oxygen atoms in total. The van der Waals surface area contributed by atoms with Gasteiger partial charge < -0.3 is 14.7 Å². The van der Waals surface area contributed by atoms with Crippen molar-refractivity contribution in [3.63, 3.8) is 0 Å². The van der Waals surface area contributed by atoms with Gasteiger partial charge in [0.05, 0.1) is 5.92 Å². The molecule has 2 atom stereocenters. The highest BCUT2D eigenvalue weighted by molar-refractivity contribution is 5.72. The predicted octanol–water partition coefficient (Wildman–Crippen LogP) is 2.07. The van der Waals surface area contributed by atoms with E-state index in [1.54, 1.807) is 0 Å². The molecule has 21 heavy (non-hydrogen) atoms. The Hall–Kier alpha value is -1.39. The number of aliphatic hydroxyl groups is 1. The Morgan fingerprint density at radius 3 is 2.90 bits per heavy atom. The van der Waals surface area contributed by atoms with Gasteiger partial charge in [-0.3, -0.25) is 4.79 Å². The Bertz CT molecular complexity index is 435. The van der Waals surface area contributed by atoms with Crippen molar-refractivity contribution < 1.29 is 14.6 Å². The van der Waals surface area contributed by atoms with Gasteiger partial charge in [0, 0.05) is 19.7 Å². The van der Waals surface area contributed by atoms with Crippen LogP contribution in [0.4, 0.5) is 0 Å². The minimum Gasteiger partial charge on any atom is -0.461 e. The molecule has 1 N–H and O–H groups in total. The Balaban J connectivity index is 1.70. The maximum atomic E-state index is 12.0. The fraction of sp³-hybridized carbons (Fsp3) is 0.588. The lowest BCUT2D eigenvalue weighted by Gasteiger charge is -2.20. The molecule has 0 aromatic heterocycles. The van der Waals surface area contributed by atoms with Gasteiger partial charge in [-0.1, -0.05) is 37.3 Å². The number of hydrogen-bond acceptors (Lipinski definition) is 4. The van der Waals surface area contributed by atoms with Crippen LogP contribution in [0.15, 0.2) is 30.3 Å². The molecule has 1 aliphatic rings. The van der Waals surface area contributed by atoms with Crippen molar-refractivity contribution in [2.45, 2.75) is 26.4 Å². The summed E-state index contributed by atoms with van der Waals surface area (Å²) in [7, 11) is 0. The number of aliphatic hydroxyl groups excluding tert-OH is 1. The van der Waals surface area contributed by atoms with Crippen LogP contribution in [0.2, 0.25) is 0 Å². The van der Waals surface area contributed by atoms with E-state index in [4.69, 9.17) is 9.84 Å². The number of ether oxygens (including phenoxy) is 1. The number of esters is 1. The smallest absolute Gasteiger partial charge is 0.310 e. The van der Waals surface area contributed by atoms with Crippen LogP contribution in [0.5, 0.6) is 0 Å². The second-order valence-corrected chi connectivity index (χ2v) is 5.92. The molecule has 1 aromatic rings. The van der Waals surface area contributed by atoms with Crippen LogP contribution >= 0.6 is 0 Å². The second kappa shape index (κ2) is 8.15. The summed E-state index contributed by atoms with van der Waals surface area (Å²) < 4.78 is 5.37. The van der Waals surface area contributed by atoms with Gasteiger partial charge >= 0.3 is 5.97 Å². The third kappa shape index (κ3) is 5.14. The highest BCUT2D eigenvalue weighted by Crippen LogP contribution is 2.20. The Labute approximate surface area is 126 Å². The van der Waals surface area contributed by atoms with Crippen molar-refractivity contribution in [3.8, 4) is 0 Å². The van der Waals surface area contributed by atoms with E-state index in [0.29, 0.717) is 12.5 Å². The van der Waals surface area contributed by atoms with Gasteiger partial charge in [0.15, 0.2) is 0 Å². The summed E-state index contributed by atoms with van der Waals surface area (Å²) in [6.07, 6.45) is 1.98. The van der Waals surface area contributed by atoms with Gasteiger partial charge in [0.1, 0.15) is 6.61 Å². The second-order valence-electron chi connectivity index (χ2n) is 5.92. The maximum Gasteiger partial charge on any atom is 0.310 e.